The van der Waals surface area contributed by atoms with Gasteiger partial charge in [-0.2, -0.15) is 0 Å². The van der Waals surface area contributed by atoms with Gasteiger partial charge in [0, 0.05) is 37.6 Å². The number of rotatable bonds is 11. The topological polar surface area (TPSA) is 52.7 Å². The first-order valence-electron chi connectivity index (χ1n) is 11.6. The van der Waals surface area contributed by atoms with Gasteiger partial charge < -0.3 is 10.2 Å². The summed E-state index contributed by atoms with van der Waals surface area (Å²) in [6, 6.07) is 15.9. The van der Waals surface area contributed by atoms with E-state index in [1.165, 1.54) is 25.7 Å². The SMILES string of the molecule is CCCCCCCCC(=O)Nc1cccc([C@@H]2SCC(=O)N2c2ccc(N(C)C)cc2)c1. The monoisotopic (exact) mass is 453 g/mol. The van der Waals surface area contributed by atoms with Crippen molar-refractivity contribution in [3.63, 3.8) is 0 Å². The second-order valence-electron chi connectivity index (χ2n) is 8.53. The van der Waals surface area contributed by atoms with Crippen LogP contribution in [-0.2, 0) is 9.59 Å². The van der Waals surface area contributed by atoms with Crippen LogP contribution in [0.4, 0.5) is 17.1 Å². The summed E-state index contributed by atoms with van der Waals surface area (Å²) in [5, 5.41) is 2.94. The van der Waals surface area contributed by atoms with Crippen molar-refractivity contribution in [2.45, 2.75) is 57.2 Å². The van der Waals surface area contributed by atoms with Crippen LogP contribution < -0.4 is 15.1 Å². The Kier molecular flexibility index (Phi) is 9.03. The predicted molar refractivity (Wildman–Crippen MR) is 137 cm³/mol. The molecule has 1 N–H and O–H groups in total. The molecule has 0 bridgehead atoms. The molecule has 0 aliphatic carbocycles. The number of anilines is 3. The van der Waals surface area contributed by atoms with E-state index in [4.69, 9.17) is 0 Å². The van der Waals surface area contributed by atoms with Gasteiger partial charge in [-0.15, -0.1) is 11.8 Å². The number of hydrogen-bond acceptors (Lipinski definition) is 4. The minimum atomic E-state index is -0.0943. The highest BCUT2D eigenvalue weighted by atomic mass is 32.2. The quantitative estimate of drug-likeness (QED) is 0.410. The van der Waals surface area contributed by atoms with E-state index < -0.39 is 0 Å². The highest BCUT2D eigenvalue weighted by Gasteiger charge is 2.34. The molecule has 0 spiro atoms. The van der Waals surface area contributed by atoms with Crippen LogP contribution in [0.5, 0.6) is 0 Å². The van der Waals surface area contributed by atoms with E-state index in [0.717, 1.165) is 35.5 Å². The summed E-state index contributed by atoms with van der Waals surface area (Å²) in [4.78, 5) is 29.0. The van der Waals surface area contributed by atoms with Crippen LogP contribution in [0, 0.1) is 0 Å². The van der Waals surface area contributed by atoms with Crippen LogP contribution in [0.15, 0.2) is 48.5 Å². The molecule has 1 aliphatic heterocycles. The fraction of sp³-hybridized carbons (Fsp3) is 0.462. The lowest BCUT2D eigenvalue weighted by Gasteiger charge is -2.25. The molecule has 0 saturated carbocycles. The molecule has 2 aromatic carbocycles. The number of benzene rings is 2. The summed E-state index contributed by atoms with van der Waals surface area (Å²) in [5.74, 6) is 0.619. The van der Waals surface area contributed by atoms with Gasteiger partial charge in [0.1, 0.15) is 5.37 Å². The second kappa shape index (κ2) is 12.0. The summed E-state index contributed by atoms with van der Waals surface area (Å²) in [5.41, 5.74) is 3.81. The zero-order valence-electron chi connectivity index (χ0n) is 19.5. The molecule has 5 nitrogen and oxygen atoms in total. The van der Waals surface area contributed by atoms with Gasteiger partial charge >= 0.3 is 0 Å². The molecule has 0 unspecified atom stereocenters. The summed E-state index contributed by atoms with van der Waals surface area (Å²) in [6.07, 6.45) is 7.56. The van der Waals surface area contributed by atoms with Crippen molar-refractivity contribution in [3.8, 4) is 0 Å². The Labute approximate surface area is 196 Å². The summed E-state index contributed by atoms with van der Waals surface area (Å²) < 4.78 is 0. The third-order valence-electron chi connectivity index (χ3n) is 5.73. The fourth-order valence-electron chi connectivity index (χ4n) is 3.92. The number of nitrogens with zero attached hydrogens (tertiary/aromatic N) is 2. The van der Waals surface area contributed by atoms with Crippen molar-refractivity contribution in [3.05, 3.63) is 54.1 Å². The van der Waals surface area contributed by atoms with Crippen LogP contribution in [0.3, 0.4) is 0 Å². The van der Waals surface area contributed by atoms with E-state index in [0.29, 0.717) is 12.2 Å². The molecule has 2 aromatic rings. The van der Waals surface area contributed by atoms with E-state index in [2.05, 4.69) is 12.2 Å². The van der Waals surface area contributed by atoms with Crippen molar-refractivity contribution >= 4 is 40.6 Å². The molecule has 6 heteroatoms. The van der Waals surface area contributed by atoms with Crippen molar-refractivity contribution in [2.24, 2.45) is 0 Å². The maximum Gasteiger partial charge on any atom is 0.238 e. The number of hydrogen-bond donors (Lipinski definition) is 1. The normalized spacial score (nSPS) is 15.8. The predicted octanol–water partition coefficient (Wildman–Crippen LogP) is 6.22. The van der Waals surface area contributed by atoms with E-state index in [1.807, 2.05) is 72.4 Å². The number of unbranched alkanes of at least 4 members (excludes halogenated alkanes) is 5. The Morgan fingerprint density at radius 2 is 1.78 bits per heavy atom. The standard InChI is InChI=1S/C26H35N3O2S/c1-4-5-6-7-8-9-13-24(30)27-21-12-10-11-20(18-21)26-29(25(31)19-32-26)23-16-14-22(15-17-23)28(2)3/h10-12,14-18,26H,4-9,13,19H2,1-3H3,(H,27,30)/t26-/m0/s1. The lowest BCUT2D eigenvalue weighted by molar-refractivity contribution is -0.117. The summed E-state index contributed by atoms with van der Waals surface area (Å²) in [6.45, 7) is 2.21. The lowest BCUT2D eigenvalue weighted by Crippen LogP contribution is -2.27. The minimum Gasteiger partial charge on any atom is -0.378 e. The number of nitrogens with one attached hydrogen (secondary N) is 1. The maximum atomic E-state index is 12.7. The average molecular weight is 454 g/mol. The van der Waals surface area contributed by atoms with Crippen molar-refractivity contribution < 1.29 is 9.59 Å². The first-order chi connectivity index (χ1) is 15.5. The zero-order chi connectivity index (χ0) is 22.9. The van der Waals surface area contributed by atoms with Crippen molar-refractivity contribution in [2.75, 3.05) is 35.0 Å². The molecule has 1 atom stereocenters. The molecule has 1 aliphatic rings. The first kappa shape index (κ1) is 24.2. The highest BCUT2D eigenvalue weighted by Crippen LogP contribution is 2.42. The third kappa shape index (κ3) is 6.52. The molecule has 0 radical (unpaired) electrons. The molecule has 32 heavy (non-hydrogen) atoms. The average Bonchev–Trinajstić information content (AvgIpc) is 3.17. The molecule has 1 saturated heterocycles. The molecular formula is C26H35N3O2S. The Balaban J connectivity index is 1.63. The Morgan fingerprint density at radius 3 is 2.50 bits per heavy atom. The van der Waals surface area contributed by atoms with E-state index >= 15 is 0 Å². The van der Waals surface area contributed by atoms with E-state index in [1.54, 1.807) is 11.8 Å². The van der Waals surface area contributed by atoms with Crippen LogP contribution in [-0.4, -0.2) is 31.7 Å². The Morgan fingerprint density at radius 1 is 1.06 bits per heavy atom. The lowest BCUT2D eigenvalue weighted by atomic mass is 10.1. The van der Waals surface area contributed by atoms with Gasteiger partial charge in [-0.25, -0.2) is 0 Å². The number of carbonyl (C=O) groups excluding carboxylic acids is 2. The summed E-state index contributed by atoms with van der Waals surface area (Å²) in [7, 11) is 4.00. The summed E-state index contributed by atoms with van der Waals surface area (Å²) >= 11 is 1.62. The molecule has 1 fully saturated rings. The fourth-order valence-corrected chi connectivity index (χ4v) is 5.09. The molecule has 0 aromatic heterocycles. The van der Waals surface area contributed by atoms with Gasteiger partial charge in [0.15, 0.2) is 0 Å². The van der Waals surface area contributed by atoms with Crippen molar-refractivity contribution in [1.82, 2.24) is 0 Å². The van der Waals surface area contributed by atoms with Crippen LogP contribution in [0.1, 0.15) is 62.8 Å². The van der Waals surface area contributed by atoms with Crippen LogP contribution in [0.2, 0.25) is 0 Å². The molecule has 3 rings (SSSR count). The molecule has 2 amide bonds. The third-order valence-corrected chi connectivity index (χ3v) is 6.94. The number of carbonyl (C=O) groups is 2. The first-order valence-corrected chi connectivity index (χ1v) is 12.7. The smallest absolute Gasteiger partial charge is 0.238 e. The zero-order valence-corrected chi connectivity index (χ0v) is 20.3. The largest absolute Gasteiger partial charge is 0.378 e. The van der Waals surface area contributed by atoms with Gasteiger partial charge in [-0.1, -0.05) is 51.2 Å². The second-order valence-corrected chi connectivity index (χ2v) is 9.60. The van der Waals surface area contributed by atoms with Gasteiger partial charge in [0.05, 0.1) is 5.75 Å². The van der Waals surface area contributed by atoms with Crippen molar-refractivity contribution in [1.29, 1.82) is 0 Å². The maximum absolute atomic E-state index is 12.7. The Bertz CT molecular complexity index is 898. The van der Waals surface area contributed by atoms with Gasteiger partial charge in [0.25, 0.3) is 0 Å². The molecule has 172 valence electrons. The minimum absolute atomic E-state index is 0.0592. The Hall–Kier alpha value is -2.47. The van der Waals surface area contributed by atoms with Gasteiger partial charge in [0.2, 0.25) is 11.8 Å². The number of thioether (sulfide) groups is 1. The highest BCUT2D eigenvalue weighted by molar-refractivity contribution is 8.00. The van der Waals surface area contributed by atoms with Crippen LogP contribution >= 0.6 is 11.8 Å². The molecular weight excluding hydrogens is 418 g/mol. The van der Waals surface area contributed by atoms with Gasteiger partial charge in [-0.05, 0) is 48.4 Å². The molecule has 1 heterocycles. The van der Waals surface area contributed by atoms with Gasteiger partial charge in [-0.3, -0.25) is 14.5 Å². The number of amides is 2. The van der Waals surface area contributed by atoms with E-state index in [-0.39, 0.29) is 17.2 Å². The van der Waals surface area contributed by atoms with Crippen LogP contribution in [0.25, 0.3) is 0 Å². The van der Waals surface area contributed by atoms with E-state index in [9.17, 15) is 9.59 Å².